The largest absolute Gasteiger partial charge is 0.454 e. The van der Waals surface area contributed by atoms with Crippen molar-refractivity contribution in [1.29, 1.82) is 0 Å². The number of nitro groups is 1. The second-order valence-electron chi connectivity index (χ2n) is 4.39. The third kappa shape index (κ3) is 3.44. The smallest absolute Gasteiger partial charge is 0.272 e. The summed E-state index contributed by atoms with van der Waals surface area (Å²) < 4.78 is 5.63. The number of hydrogen-bond donors (Lipinski definition) is 1. The zero-order valence-electron chi connectivity index (χ0n) is 11.1. The molecule has 0 saturated carbocycles. The van der Waals surface area contributed by atoms with Crippen LogP contribution >= 0.6 is 23.2 Å². The predicted octanol–water partition coefficient (Wildman–Crippen LogP) is 4.46. The summed E-state index contributed by atoms with van der Waals surface area (Å²) in [5.74, 6) is 0.714. The van der Waals surface area contributed by atoms with E-state index in [2.05, 4.69) is 0 Å². The number of nitrogens with zero attached hydrogens (tertiary/aromatic N) is 1. The normalized spacial score (nSPS) is 10.5. The van der Waals surface area contributed by atoms with Crippen LogP contribution in [-0.4, -0.2) is 4.92 Å². The Kier molecular flexibility index (Phi) is 4.67. The first kappa shape index (κ1) is 15.6. The number of rotatable bonds is 4. The van der Waals surface area contributed by atoms with Crippen molar-refractivity contribution in [3.63, 3.8) is 0 Å². The molecule has 110 valence electrons. The molecule has 2 N–H and O–H groups in total. The van der Waals surface area contributed by atoms with Crippen molar-refractivity contribution in [3.8, 4) is 11.5 Å². The Hall–Kier alpha value is -1.82. The van der Waals surface area contributed by atoms with E-state index in [0.29, 0.717) is 12.3 Å². The third-order valence-corrected chi connectivity index (χ3v) is 3.51. The highest BCUT2D eigenvalue weighted by molar-refractivity contribution is 6.37. The maximum atomic E-state index is 10.7. The van der Waals surface area contributed by atoms with Gasteiger partial charge >= 0.3 is 0 Å². The summed E-state index contributed by atoms with van der Waals surface area (Å²) in [5.41, 5.74) is 7.39. The van der Waals surface area contributed by atoms with Crippen molar-refractivity contribution >= 4 is 28.9 Å². The minimum atomic E-state index is -0.568. The quantitative estimate of drug-likeness (QED) is 0.664. The van der Waals surface area contributed by atoms with E-state index in [1.54, 1.807) is 12.1 Å². The Balaban J connectivity index is 2.35. The number of halogens is 2. The highest BCUT2D eigenvalue weighted by Gasteiger charge is 2.16. The molecule has 0 heterocycles. The number of hydrogen-bond acceptors (Lipinski definition) is 4. The van der Waals surface area contributed by atoms with Crippen LogP contribution < -0.4 is 10.5 Å². The number of nitro benzene ring substituents is 1. The zero-order valence-corrected chi connectivity index (χ0v) is 12.6. The lowest BCUT2D eigenvalue weighted by molar-refractivity contribution is -0.384. The van der Waals surface area contributed by atoms with Gasteiger partial charge in [-0.05, 0) is 30.2 Å². The lowest BCUT2D eigenvalue weighted by atomic mass is 10.1. The molecule has 2 aromatic carbocycles. The van der Waals surface area contributed by atoms with Gasteiger partial charge in [0.05, 0.1) is 15.0 Å². The molecule has 0 bridgehead atoms. The molecule has 0 fully saturated rings. The third-order valence-electron chi connectivity index (χ3n) is 2.95. The van der Waals surface area contributed by atoms with E-state index in [4.69, 9.17) is 33.7 Å². The van der Waals surface area contributed by atoms with Crippen LogP contribution in [0.4, 0.5) is 5.69 Å². The zero-order chi connectivity index (χ0) is 15.6. The second kappa shape index (κ2) is 6.30. The molecule has 0 aliphatic carbocycles. The molecule has 2 aromatic rings. The first-order chi connectivity index (χ1) is 9.92. The summed E-state index contributed by atoms with van der Waals surface area (Å²) in [4.78, 5) is 10.2. The molecule has 0 aliphatic heterocycles. The lowest BCUT2D eigenvalue weighted by Crippen LogP contribution is -1.99. The van der Waals surface area contributed by atoms with Crippen LogP contribution in [0.3, 0.4) is 0 Å². The standard InChI is InChI=1S/C14H12Cl2N2O3/c1-8-4-11(3-2-9(8)7-17)21-14-12(15)5-10(18(19)20)6-13(14)16/h2-6H,7,17H2,1H3. The Morgan fingerprint density at radius 1 is 1.24 bits per heavy atom. The van der Waals surface area contributed by atoms with Crippen molar-refractivity contribution in [2.45, 2.75) is 13.5 Å². The van der Waals surface area contributed by atoms with E-state index in [-0.39, 0.29) is 21.5 Å². The van der Waals surface area contributed by atoms with Crippen molar-refractivity contribution in [1.82, 2.24) is 0 Å². The summed E-state index contributed by atoms with van der Waals surface area (Å²) in [6.07, 6.45) is 0. The average Bonchev–Trinajstić information content (AvgIpc) is 2.42. The highest BCUT2D eigenvalue weighted by atomic mass is 35.5. The topological polar surface area (TPSA) is 78.4 Å². The molecule has 0 saturated heterocycles. The minimum Gasteiger partial charge on any atom is -0.454 e. The Bertz CT molecular complexity index is 682. The molecule has 0 atom stereocenters. The monoisotopic (exact) mass is 326 g/mol. The van der Waals surface area contributed by atoms with Gasteiger partial charge < -0.3 is 10.5 Å². The summed E-state index contributed by atoms with van der Waals surface area (Å²) in [7, 11) is 0. The van der Waals surface area contributed by atoms with Gasteiger partial charge in [-0.2, -0.15) is 0 Å². The maximum absolute atomic E-state index is 10.7. The van der Waals surface area contributed by atoms with Crippen LogP contribution in [0, 0.1) is 17.0 Å². The first-order valence-corrected chi connectivity index (χ1v) is 6.79. The summed E-state index contributed by atoms with van der Waals surface area (Å²) in [6, 6.07) is 7.78. The van der Waals surface area contributed by atoms with Gasteiger partial charge in [0.2, 0.25) is 0 Å². The summed E-state index contributed by atoms with van der Waals surface area (Å²) >= 11 is 12.0. The summed E-state index contributed by atoms with van der Waals surface area (Å²) in [5, 5.41) is 10.9. The average molecular weight is 327 g/mol. The summed E-state index contributed by atoms with van der Waals surface area (Å²) in [6.45, 7) is 2.35. The van der Waals surface area contributed by atoms with Crippen LogP contribution in [0.1, 0.15) is 11.1 Å². The van der Waals surface area contributed by atoms with E-state index >= 15 is 0 Å². The molecule has 7 heteroatoms. The van der Waals surface area contributed by atoms with Crippen LogP contribution in [-0.2, 0) is 6.54 Å². The molecule has 0 unspecified atom stereocenters. The molecule has 0 aromatic heterocycles. The Morgan fingerprint density at radius 3 is 2.33 bits per heavy atom. The number of ether oxygens (including phenoxy) is 1. The molecule has 5 nitrogen and oxygen atoms in total. The van der Waals surface area contributed by atoms with Crippen LogP contribution in [0.15, 0.2) is 30.3 Å². The van der Waals surface area contributed by atoms with E-state index in [1.165, 1.54) is 12.1 Å². The molecule has 0 spiro atoms. The number of benzene rings is 2. The van der Waals surface area contributed by atoms with Crippen molar-refractivity contribution in [2.75, 3.05) is 0 Å². The van der Waals surface area contributed by atoms with Gasteiger partial charge in [-0.15, -0.1) is 0 Å². The van der Waals surface area contributed by atoms with Gasteiger partial charge in [-0.25, -0.2) is 0 Å². The molecular formula is C14H12Cl2N2O3. The Labute approximate surface area is 131 Å². The molecule has 21 heavy (non-hydrogen) atoms. The van der Waals surface area contributed by atoms with Crippen LogP contribution in [0.5, 0.6) is 11.5 Å². The number of aryl methyl sites for hydroxylation is 1. The molecule has 0 radical (unpaired) electrons. The van der Waals surface area contributed by atoms with Gasteiger partial charge in [0.1, 0.15) is 5.75 Å². The SMILES string of the molecule is Cc1cc(Oc2c(Cl)cc([N+](=O)[O-])cc2Cl)ccc1CN. The fourth-order valence-corrected chi connectivity index (χ4v) is 2.38. The predicted molar refractivity (Wildman–Crippen MR) is 82.3 cm³/mol. The minimum absolute atomic E-state index is 0.0785. The second-order valence-corrected chi connectivity index (χ2v) is 5.20. The molecular weight excluding hydrogens is 315 g/mol. The molecule has 0 aliphatic rings. The van der Waals surface area contributed by atoms with Crippen molar-refractivity contribution < 1.29 is 9.66 Å². The molecule has 2 rings (SSSR count). The van der Waals surface area contributed by atoms with Crippen molar-refractivity contribution in [2.24, 2.45) is 5.73 Å². The van der Waals surface area contributed by atoms with E-state index in [0.717, 1.165) is 11.1 Å². The highest BCUT2D eigenvalue weighted by Crippen LogP contribution is 2.39. The fourth-order valence-electron chi connectivity index (χ4n) is 1.83. The number of non-ortho nitro benzene ring substituents is 1. The fraction of sp³-hybridized carbons (Fsp3) is 0.143. The van der Waals surface area contributed by atoms with Gasteiger partial charge in [0.15, 0.2) is 5.75 Å². The van der Waals surface area contributed by atoms with Gasteiger partial charge in [-0.1, -0.05) is 29.3 Å². The van der Waals surface area contributed by atoms with Gasteiger partial charge in [-0.3, -0.25) is 10.1 Å². The van der Waals surface area contributed by atoms with Gasteiger partial charge in [0, 0.05) is 18.7 Å². The van der Waals surface area contributed by atoms with Crippen LogP contribution in [0.25, 0.3) is 0 Å². The van der Waals surface area contributed by atoms with E-state index in [9.17, 15) is 10.1 Å². The maximum Gasteiger partial charge on any atom is 0.272 e. The van der Waals surface area contributed by atoms with Gasteiger partial charge in [0.25, 0.3) is 5.69 Å². The lowest BCUT2D eigenvalue weighted by Gasteiger charge is -2.11. The Morgan fingerprint density at radius 2 is 1.86 bits per heavy atom. The number of nitrogens with two attached hydrogens (primary N) is 1. The van der Waals surface area contributed by atoms with E-state index < -0.39 is 4.92 Å². The van der Waals surface area contributed by atoms with E-state index in [1.807, 2.05) is 13.0 Å². The first-order valence-electron chi connectivity index (χ1n) is 6.03. The van der Waals surface area contributed by atoms with Crippen molar-refractivity contribution in [3.05, 3.63) is 61.6 Å². The van der Waals surface area contributed by atoms with Crippen LogP contribution in [0.2, 0.25) is 10.0 Å². The molecule has 0 amide bonds.